The first-order valence-corrected chi connectivity index (χ1v) is 5.98. The van der Waals surface area contributed by atoms with Crippen LogP contribution < -0.4 is 11.5 Å². The van der Waals surface area contributed by atoms with E-state index in [0.717, 1.165) is 22.3 Å². The summed E-state index contributed by atoms with van der Waals surface area (Å²) in [5, 5.41) is 2.34. The minimum Gasteiger partial charge on any atom is -0.398 e. The zero-order valence-corrected chi connectivity index (χ0v) is 9.77. The van der Waals surface area contributed by atoms with E-state index in [1.165, 1.54) is 22.1 Å². The van der Waals surface area contributed by atoms with Crippen molar-refractivity contribution < 1.29 is 0 Å². The highest BCUT2D eigenvalue weighted by atomic mass is 14.6. The van der Waals surface area contributed by atoms with Crippen molar-refractivity contribution in [2.45, 2.75) is 0 Å². The summed E-state index contributed by atoms with van der Waals surface area (Å²) in [5.74, 6) is 0. The van der Waals surface area contributed by atoms with Crippen molar-refractivity contribution in [2.24, 2.45) is 0 Å². The second kappa shape index (κ2) is 3.05. The van der Waals surface area contributed by atoms with Gasteiger partial charge >= 0.3 is 0 Å². The molecule has 0 bridgehead atoms. The third-order valence-corrected chi connectivity index (χ3v) is 3.73. The second-order valence-corrected chi connectivity index (χ2v) is 4.70. The molecule has 3 aromatic carbocycles. The molecule has 2 heteroatoms. The first kappa shape index (κ1) is 9.54. The number of hydrogen-bond acceptors (Lipinski definition) is 2. The van der Waals surface area contributed by atoms with Crippen molar-refractivity contribution in [3.8, 4) is 22.3 Å². The van der Waals surface area contributed by atoms with E-state index in [1.54, 1.807) is 0 Å². The fourth-order valence-corrected chi connectivity index (χ4v) is 2.96. The van der Waals surface area contributed by atoms with Crippen LogP contribution in [0, 0.1) is 0 Å². The van der Waals surface area contributed by atoms with Gasteiger partial charge in [0.25, 0.3) is 0 Å². The van der Waals surface area contributed by atoms with Crippen molar-refractivity contribution in [1.82, 2.24) is 0 Å². The molecule has 18 heavy (non-hydrogen) atoms. The minimum absolute atomic E-state index is 0.821. The fraction of sp³-hybridized carbons (Fsp3) is 0. The van der Waals surface area contributed by atoms with E-state index in [9.17, 15) is 0 Å². The summed E-state index contributed by atoms with van der Waals surface area (Å²) < 4.78 is 0. The quantitative estimate of drug-likeness (QED) is 0.455. The van der Waals surface area contributed by atoms with E-state index < -0.39 is 0 Å². The number of fused-ring (bicyclic) bond motifs is 3. The zero-order valence-electron chi connectivity index (χ0n) is 9.77. The minimum atomic E-state index is 0.821. The lowest BCUT2D eigenvalue weighted by molar-refractivity contribution is 1.67. The number of nitrogen functional groups attached to an aromatic ring is 2. The molecule has 0 radical (unpaired) electrons. The number of benzene rings is 3. The van der Waals surface area contributed by atoms with Gasteiger partial charge in [-0.05, 0) is 34.2 Å². The van der Waals surface area contributed by atoms with Gasteiger partial charge in [-0.1, -0.05) is 36.4 Å². The van der Waals surface area contributed by atoms with Gasteiger partial charge in [0.15, 0.2) is 0 Å². The molecule has 0 fully saturated rings. The summed E-state index contributed by atoms with van der Waals surface area (Å²) in [6.45, 7) is 0. The van der Waals surface area contributed by atoms with Crippen LogP contribution in [0.4, 0.5) is 11.4 Å². The molecule has 2 nitrogen and oxygen atoms in total. The number of rotatable bonds is 0. The molecule has 0 heterocycles. The third kappa shape index (κ3) is 0.979. The van der Waals surface area contributed by atoms with Gasteiger partial charge in [0.05, 0.1) is 0 Å². The molecule has 0 spiro atoms. The molecule has 1 aliphatic rings. The second-order valence-electron chi connectivity index (χ2n) is 4.70. The molecule has 0 aromatic heterocycles. The first-order valence-electron chi connectivity index (χ1n) is 5.98. The Hall–Kier alpha value is -2.48. The van der Waals surface area contributed by atoms with Crippen LogP contribution in [0.25, 0.3) is 33.0 Å². The summed E-state index contributed by atoms with van der Waals surface area (Å²) >= 11 is 0. The van der Waals surface area contributed by atoms with Crippen LogP contribution in [0.3, 0.4) is 0 Å². The zero-order chi connectivity index (χ0) is 12.3. The molecule has 0 atom stereocenters. The van der Waals surface area contributed by atoms with E-state index in [-0.39, 0.29) is 0 Å². The first-order chi connectivity index (χ1) is 8.77. The van der Waals surface area contributed by atoms with Gasteiger partial charge < -0.3 is 11.5 Å². The molecular weight excluding hydrogens is 220 g/mol. The van der Waals surface area contributed by atoms with Gasteiger partial charge in [-0.3, -0.25) is 0 Å². The van der Waals surface area contributed by atoms with E-state index in [1.807, 2.05) is 18.2 Å². The fourth-order valence-electron chi connectivity index (χ4n) is 2.96. The molecule has 4 rings (SSSR count). The normalized spacial score (nSPS) is 11.8. The van der Waals surface area contributed by atoms with Crippen LogP contribution in [0.15, 0.2) is 48.5 Å². The molecule has 0 saturated carbocycles. The SMILES string of the molecule is Nc1cccc2c1-c1ccc(N)c3cccc-2c13. The molecule has 0 amide bonds. The Kier molecular flexibility index (Phi) is 1.61. The predicted molar refractivity (Wildman–Crippen MR) is 77.2 cm³/mol. The Morgan fingerprint density at radius 1 is 0.611 bits per heavy atom. The Bertz CT molecular complexity index is 804. The molecule has 1 aliphatic carbocycles. The van der Waals surface area contributed by atoms with Crippen molar-refractivity contribution in [1.29, 1.82) is 0 Å². The smallest absolute Gasteiger partial charge is 0.0400 e. The van der Waals surface area contributed by atoms with E-state index in [0.29, 0.717) is 0 Å². The number of nitrogens with two attached hydrogens (primary N) is 2. The van der Waals surface area contributed by atoms with Crippen LogP contribution in [0.1, 0.15) is 0 Å². The highest BCUT2D eigenvalue weighted by Crippen LogP contribution is 2.50. The van der Waals surface area contributed by atoms with Gasteiger partial charge in [-0.25, -0.2) is 0 Å². The van der Waals surface area contributed by atoms with Crippen LogP contribution in [-0.2, 0) is 0 Å². The lowest BCUT2D eigenvalue weighted by atomic mass is 10.0. The van der Waals surface area contributed by atoms with Crippen molar-refractivity contribution in [2.75, 3.05) is 11.5 Å². The van der Waals surface area contributed by atoms with Crippen LogP contribution in [-0.4, -0.2) is 0 Å². The molecular formula is C16H12N2. The Morgan fingerprint density at radius 2 is 1.39 bits per heavy atom. The van der Waals surface area contributed by atoms with E-state index >= 15 is 0 Å². The maximum absolute atomic E-state index is 6.13. The van der Waals surface area contributed by atoms with Crippen LogP contribution >= 0.6 is 0 Å². The van der Waals surface area contributed by atoms with Gasteiger partial charge in [-0.15, -0.1) is 0 Å². The standard InChI is InChI=1S/C16H12N2/c17-13-8-7-12-15-9(3-1-5-11(13)15)10-4-2-6-14(18)16(10)12/h1-8H,17-18H2. The van der Waals surface area contributed by atoms with Gasteiger partial charge in [0, 0.05) is 22.3 Å². The van der Waals surface area contributed by atoms with Gasteiger partial charge in [-0.2, -0.15) is 0 Å². The Balaban J connectivity index is 2.30. The van der Waals surface area contributed by atoms with Crippen molar-refractivity contribution in [3.05, 3.63) is 48.5 Å². The van der Waals surface area contributed by atoms with Crippen molar-refractivity contribution >= 4 is 22.1 Å². The van der Waals surface area contributed by atoms with Gasteiger partial charge in [0.1, 0.15) is 0 Å². The monoisotopic (exact) mass is 232 g/mol. The predicted octanol–water partition coefficient (Wildman–Crippen LogP) is 3.65. The topological polar surface area (TPSA) is 52.0 Å². The highest BCUT2D eigenvalue weighted by molar-refractivity contribution is 6.19. The average molecular weight is 232 g/mol. The van der Waals surface area contributed by atoms with Gasteiger partial charge in [0.2, 0.25) is 0 Å². The molecule has 86 valence electrons. The summed E-state index contributed by atoms with van der Waals surface area (Å²) in [6, 6.07) is 16.4. The maximum Gasteiger partial charge on any atom is 0.0400 e. The maximum atomic E-state index is 6.13. The lowest BCUT2D eigenvalue weighted by Gasteiger charge is -2.05. The summed E-state index contributed by atoms with van der Waals surface area (Å²) in [6.07, 6.45) is 0. The number of anilines is 2. The highest BCUT2D eigenvalue weighted by Gasteiger charge is 2.23. The molecule has 3 aromatic rings. The molecule has 0 aliphatic heterocycles. The summed E-state index contributed by atoms with van der Waals surface area (Å²) in [5.41, 5.74) is 18.6. The molecule has 4 N–H and O–H groups in total. The summed E-state index contributed by atoms with van der Waals surface area (Å²) in [7, 11) is 0. The number of hydrogen-bond donors (Lipinski definition) is 2. The third-order valence-electron chi connectivity index (χ3n) is 3.73. The van der Waals surface area contributed by atoms with Crippen molar-refractivity contribution in [3.63, 3.8) is 0 Å². The Morgan fingerprint density at radius 3 is 2.28 bits per heavy atom. The van der Waals surface area contributed by atoms with E-state index in [4.69, 9.17) is 11.5 Å². The molecule has 0 unspecified atom stereocenters. The molecule has 0 saturated heterocycles. The summed E-state index contributed by atoms with van der Waals surface area (Å²) in [4.78, 5) is 0. The van der Waals surface area contributed by atoms with Crippen LogP contribution in [0.2, 0.25) is 0 Å². The van der Waals surface area contributed by atoms with Crippen LogP contribution in [0.5, 0.6) is 0 Å². The average Bonchev–Trinajstić information content (AvgIpc) is 2.72. The Labute approximate surface area is 105 Å². The lowest BCUT2D eigenvalue weighted by Crippen LogP contribution is -1.89. The van der Waals surface area contributed by atoms with E-state index in [2.05, 4.69) is 30.3 Å². The largest absolute Gasteiger partial charge is 0.398 e.